The summed E-state index contributed by atoms with van der Waals surface area (Å²) < 4.78 is 16.8. The molecule has 0 aliphatic heterocycles. The van der Waals surface area contributed by atoms with E-state index >= 15 is 0 Å². The highest BCUT2D eigenvalue weighted by Crippen LogP contribution is 2.17. The van der Waals surface area contributed by atoms with Crippen molar-refractivity contribution >= 4 is 17.9 Å². The molecule has 0 aliphatic carbocycles. The average molecular weight is 1070 g/mol. The van der Waals surface area contributed by atoms with Crippen LogP contribution >= 0.6 is 0 Å². The van der Waals surface area contributed by atoms with Crippen molar-refractivity contribution in [2.75, 3.05) is 13.2 Å². The normalized spacial score (nSPS) is 12.7. The number of unbranched alkanes of at least 4 members (excludes halogenated alkanes) is 32. The maximum atomic E-state index is 12.8. The van der Waals surface area contributed by atoms with Gasteiger partial charge in [0.2, 0.25) is 0 Å². The molecule has 6 heteroatoms. The summed E-state index contributed by atoms with van der Waals surface area (Å²) in [4.78, 5) is 37.9. The van der Waals surface area contributed by atoms with Crippen molar-refractivity contribution in [3.8, 4) is 0 Å². The van der Waals surface area contributed by atoms with E-state index in [1.807, 2.05) is 0 Å². The van der Waals surface area contributed by atoms with Crippen LogP contribution in [0.4, 0.5) is 0 Å². The molecule has 0 radical (unpaired) electrons. The first kappa shape index (κ1) is 73.3. The minimum absolute atomic E-state index is 0.0752. The van der Waals surface area contributed by atoms with Gasteiger partial charge < -0.3 is 14.2 Å². The first-order chi connectivity index (χ1) is 38.0. The standard InChI is InChI=1S/C71H122O6/c1-4-7-10-13-15-17-19-21-23-25-27-28-29-30-31-32-33-34-35-36-37-38-39-40-41-42-44-45-47-49-51-53-55-58-61-64-70(73)76-67-68(66-75-69(72)63-60-57-12-9-6-3)77-71(74)65-62-59-56-54-52-50-48-46-43-26-24-22-20-18-16-14-11-8-5-2/h7,10,15,17,21,23,27-28,30-31,33-34,36-37,39-40,68H,4-6,8-9,11-14,16,18-20,22,24-26,29,32,35,38,41-67H2,1-3H3/b10-7-,17-15-,23-21-,28-27-,31-30-,34-33-,37-36-,40-39-. The second kappa shape index (κ2) is 64.9. The highest BCUT2D eigenvalue weighted by atomic mass is 16.6. The molecule has 0 spiro atoms. The zero-order valence-electron chi connectivity index (χ0n) is 50.7. The van der Waals surface area contributed by atoms with Gasteiger partial charge in [-0.3, -0.25) is 14.4 Å². The predicted octanol–water partition coefficient (Wildman–Crippen LogP) is 22.4. The molecule has 77 heavy (non-hydrogen) atoms. The summed E-state index contributed by atoms with van der Waals surface area (Å²) >= 11 is 0. The lowest BCUT2D eigenvalue weighted by Gasteiger charge is -2.18. The van der Waals surface area contributed by atoms with Crippen LogP contribution in [-0.4, -0.2) is 37.2 Å². The van der Waals surface area contributed by atoms with Crippen molar-refractivity contribution in [3.63, 3.8) is 0 Å². The number of ether oxygens (including phenoxy) is 3. The smallest absolute Gasteiger partial charge is 0.306 e. The summed E-state index contributed by atoms with van der Waals surface area (Å²) in [5.74, 6) is -0.881. The van der Waals surface area contributed by atoms with Gasteiger partial charge in [-0.05, 0) is 83.5 Å². The molecule has 0 heterocycles. The third-order valence-electron chi connectivity index (χ3n) is 14.1. The lowest BCUT2D eigenvalue weighted by Crippen LogP contribution is -2.30. The third-order valence-corrected chi connectivity index (χ3v) is 14.1. The summed E-state index contributed by atoms with van der Waals surface area (Å²) in [6.07, 6.45) is 87.6. The van der Waals surface area contributed by atoms with Gasteiger partial charge in [0, 0.05) is 19.3 Å². The van der Waals surface area contributed by atoms with Crippen molar-refractivity contribution < 1.29 is 28.6 Å². The molecular formula is C71H122O6. The molecule has 1 unspecified atom stereocenters. The van der Waals surface area contributed by atoms with E-state index in [-0.39, 0.29) is 31.1 Å². The Morgan fingerprint density at radius 1 is 0.273 bits per heavy atom. The molecule has 442 valence electrons. The van der Waals surface area contributed by atoms with Gasteiger partial charge >= 0.3 is 17.9 Å². The van der Waals surface area contributed by atoms with Gasteiger partial charge in [0.15, 0.2) is 6.10 Å². The molecule has 0 amide bonds. The fraction of sp³-hybridized carbons (Fsp3) is 0.732. The van der Waals surface area contributed by atoms with E-state index in [2.05, 4.69) is 118 Å². The van der Waals surface area contributed by atoms with Crippen LogP contribution in [0.2, 0.25) is 0 Å². The first-order valence-corrected chi connectivity index (χ1v) is 32.7. The molecule has 0 aromatic rings. The minimum Gasteiger partial charge on any atom is -0.462 e. The van der Waals surface area contributed by atoms with Crippen LogP contribution in [0.5, 0.6) is 0 Å². The van der Waals surface area contributed by atoms with Crippen LogP contribution in [0.3, 0.4) is 0 Å². The van der Waals surface area contributed by atoms with Crippen LogP contribution in [0.15, 0.2) is 97.2 Å². The highest BCUT2D eigenvalue weighted by Gasteiger charge is 2.19. The number of rotatable bonds is 59. The van der Waals surface area contributed by atoms with E-state index in [4.69, 9.17) is 14.2 Å². The SMILES string of the molecule is CC/C=C\C/C=C\C/C=C\C/C=C\C/C=C\C/C=C\C/C=C\C/C=C\CCCCCCCCCCCCC(=O)OCC(COC(=O)CCCCCCC)OC(=O)CCCCCCCCCCCCCCCCCCCCC. The second-order valence-corrected chi connectivity index (χ2v) is 21.7. The first-order valence-electron chi connectivity index (χ1n) is 32.7. The van der Waals surface area contributed by atoms with Crippen molar-refractivity contribution in [2.45, 2.75) is 322 Å². The fourth-order valence-corrected chi connectivity index (χ4v) is 9.23. The van der Waals surface area contributed by atoms with Gasteiger partial charge in [-0.15, -0.1) is 0 Å². The molecule has 0 aliphatic rings. The Hall–Kier alpha value is -3.67. The van der Waals surface area contributed by atoms with Gasteiger partial charge in [-0.2, -0.15) is 0 Å². The summed E-state index contributed by atoms with van der Waals surface area (Å²) in [5, 5.41) is 0. The number of hydrogen-bond donors (Lipinski definition) is 0. The molecule has 0 rings (SSSR count). The van der Waals surface area contributed by atoms with Crippen LogP contribution in [-0.2, 0) is 28.6 Å². The second-order valence-electron chi connectivity index (χ2n) is 21.7. The molecule has 0 bridgehead atoms. The van der Waals surface area contributed by atoms with Crippen LogP contribution in [0.1, 0.15) is 316 Å². The van der Waals surface area contributed by atoms with Crippen molar-refractivity contribution in [1.82, 2.24) is 0 Å². The summed E-state index contributed by atoms with van der Waals surface area (Å²) in [7, 11) is 0. The van der Waals surface area contributed by atoms with Gasteiger partial charge in [0.05, 0.1) is 0 Å². The molecule has 6 nitrogen and oxygen atoms in total. The van der Waals surface area contributed by atoms with Crippen LogP contribution < -0.4 is 0 Å². The van der Waals surface area contributed by atoms with E-state index in [1.165, 1.54) is 161 Å². The predicted molar refractivity (Wildman–Crippen MR) is 334 cm³/mol. The Labute approximate surface area is 477 Å². The lowest BCUT2D eigenvalue weighted by molar-refractivity contribution is -0.167. The number of carbonyl (C=O) groups is 3. The Balaban J connectivity index is 4.01. The van der Waals surface area contributed by atoms with E-state index in [0.717, 1.165) is 116 Å². The van der Waals surface area contributed by atoms with Gasteiger partial charge in [-0.25, -0.2) is 0 Å². The average Bonchev–Trinajstić information content (AvgIpc) is 3.43. The van der Waals surface area contributed by atoms with Gasteiger partial charge in [-0.1, -0.05) is 311 Å². The molecule has 0 saturated carbocycles. The zero-order chi connectivity index (χ0) is 55.7. The van der Waals surface area contributed by atoms with E-state index in [1.54, 1.807) is 0 Å². The maximum absolute atomic E-state index is 12.8. The molecular weight excluding hydrogens is 949 g/mol. The Morgan fingerprint density at radius 3 is 0.792 bits per heavy atom. The van der Waals surface area contributed by atoms with E-state index < -0.39 is 6.10 Å². The van der Waals surface area contributed by atoms with E-state index in [0.29, 0.717) is 19.3 Å². The van der Waals surface area contributed by atoms with Gasteiger partial charge in [0.25, 0.3) is 0 Å². The minimum atomic E-state index is -0.773. The molecule has 1 atom stereocenters. The molecule has 0 aromatic carbocycles. The van der Waals surface area contributed by atoms with Gasteiger partial charge in [0.1, 0.15) is 13.2 Å². The Morgan fingerprint density at radius 2 is 0.506 bits per heavy atom. The summed E-state index contributed by atoms with van der Waals surface area (Å²) in [5.41, 5.74) is 0. The van der Waals surface area contributed by atoms with Crippen LogP contribution in [0, 0.1) is 0 Å². The quantitative estimate of drug-likeness (QED) is 0.0261. The topological polar surface area (TPSA) is 78.9 Å². The number of esters is 3. The molecule has 0 N–H and O–H groups in total. The molecule has 0 fully saturated rings. The summed E-state index contributed by atoms with van der Waals surface area (Å²) in [6.45, 7) is 6.47. The number of allylic oxidation sites excluding steroid dienone is 16. The largest absolute Gasteiger partial charge is 0.462 e. The molecule has 0 saturated heterocycles. The number of carbonyl (C=O) groups excluding carboxylic acids is 3. The van der Waals surface area contributed by atoms with Crippen LogP contribution in [0.25, 0.3) is 0 Å². The third kappa shape index (κ3) is 63.0. The Bertz CT molecular complexity index is 1510. The monoisotopic (exact) mass is 1070 g/mol. The van der Waals surface area contributed by atoms with E-state index in [9.17, 15) is 14.4 Å². The highest BCUT2D eigenvalue weighted by molar-refractivity contribution is 5.71. The van der Waals surface area contributed by atoms with Crippen molar-refractivity contribution in [2.24, 2.45) is 0 Å². The zero-order valence-corrected chi connectivity index (χ0v) is 50.7. The maximum Gasteiger partial charge on any atom is 0.306 e. The van der Waals surface area contributed by atoms with Crippen molar-refractivity contribution in [3.05, 3.63) is 97.2 Å². The van der Waals surface area contributed by atoms with Crippen molar-refractivity contribution in [1.29, 1.82) is 0 Å². The number of hydrogen-bond acceptors (Lipinski definition) is 6. The summed E-state index contributed by atoms with van der Waals surface area (Å²) in [6, 6.07) is 0. The Kier molecular flexibility index (Phi) is 61.8. The lowest BCUT2D eigenvalue weighted by atomic mass is 10.0. The fourth-order valence-electron chi connectivity index (χ4n) is 9.23. The molecule has 0 aromatic heterocycles.